The minimum absolute atomic E-state index is 0.145. The van der Waals surface area contributed by atoms with Crippen molar-refractivity contribution in [3.63, 3.8) is 0 Å². The van der Waals surface area contributed by atoms with Gasteiger partial charge in [-0.05, 0) is 91.0 Å². The molecule has 0 saturated heterocycles. The van der Waals surface area contributed by atoms with Crippen LogP contribution in [0.4, 0.5) is 23.0 Å². The SMILES string of the molecule is CC.CCCC.CCCc1cc(C)cc(Nc2nc3ccccc3nc2NSc2cccc(NC(=O)c3ccccc3)c2)c1. The van der Waals surface area contributed by atoms with E-state index in [1.807, 2.05) is 80.6 Å². The Hall–Kier alpha value is -4.36. The first-order valence-electron chi connectivity index (χ1n) is 15.5. The van der Waals surface area contributed by atoms with Crippen LogP contribution in [-0.2, 0) is 6.42 Å². The molecule has 0 aliphatic carbocycles. The van der Waals surface area contributed by atoms with Gasteiger partial charge in [0.15, 0.2) is 11.6 Å². The molecule has 0 bridgehead atoms. The van der Waals surface area contributed by atoms with Crippen molar-refractivity contribution in [3.8, 4) is 0 Å². The van der Waals surface area contributed by atoms with Crippen LogP contribution in [0.1, 0.15) is 75.4 Å². The highest BCUT2D eigenvalue weighted by Crippen LogP contribution is 2.30. The fraction of sp³-hybridized carbons (Fsp3) is 0.270. The number of rotatable bonds is 10. The number of para-hydroxylation sites is 2. The standard InChI is InChI=1S/C31H29N5OS.C4H10.C2H6/c1-3-10-22-17-21(2)18-25(19-22)32-29-30(35-28-16-8-7-15-27(28)34-29)36-38-26-14-9-13-24(20-26)33-31(37)23-11-5-4-6-12-23;1-3-4-2;1-2/h4-9,11-20H,3,10H2,1-2H3,(H,32,34)(H,33,37)(H,35,36);3-4H2,1-2H3;1-2H3. The second-order valence-electron chi connectivity index (χ2n) is 10.0. The smallest absolute Gasteiger partial charge is 0.255 e. The number of benzene rings is 4. The average molecular weight is 608 g/mol. The van der Waals surface area contributed by atoms with E-state index in [0.29, 0.717) is 17.2 Å². The summed E-state index contributed by atoms with van der Waals surface area (Å²) in [6.07, 6.45) is 4.75. The molecule has 3 N–H and O–H groups in total. The van der Waals surface area contributed by atoms with E-state index in [2.05, 4.69) is 61.2 Å². The molecule has 0 spiro atoms. The summed E-state index contributed by atoms with van der Waals surface area (Å²) in [7, 11) is 0. The molecular weight excluding hydrogens is 563 g/mol. The Kier molecular flexibility index (Phi) is 14.2. The van der Waals surface area contributed by atoms with Gasteiger partial charge in [-0.2, -0.15) is 0 Å². The number of nitrogens with zero attached hydrogens (tertiary/aromatic N) is 2. The van der Waals surface area contributed by atoms with Crippen molar-refractivity contribution in [3.05, 3.63) is 114 Å². The zero-order chi connectivity index (χ0) is 31.7. The molecule has 230 valence electrons. The molecule has 0 saturated carbocycles. The first-order chi connectivity index (χ1) is 21.5. The lowest BCUT2D eigenvalue weighted by atomic mass is 10.1. The van der Waals surface area contributed by atoms with E-state index < -0.39 is 0 Å². The highest BCUT2D eigenvalue weighted by molar-refractivity contribution is 8.00. The minimum atomic E-state index is -0.145. The van der Waals surface area contributed by atoms with Gasteiger partial charge in [0.05, 0.1) is 11.0 Å². The number of anilines is 4. The third-order valence-corrected chi connectivity index (χ3v) is 7.19. The second kappa shape index (κ2) is 18.3. The Balaban J connectivity index is 0.000000816. The predicted octanol–water partition coefficient (Wildman–Crippen LogP) is 10.8. The number of hydrogen-bond donors (Lipinski definition) is 3. The Morgan fingerprint density at radius 3 is 2.02 bits per heavy atom. The quantitative estimate of drug-likeness (QED) is 0.137. The fourth-order valence-electron chi connectivity index (χ4n) is 4.20. The number of aromatic nitrogens is 2. The number of nitrogens with one attached hydrogen (secondary N) is 3. The number of carbonyl (C=O) groups excluding carboxylic acids is 1. The van der Waals surface area contributed by atoms with E-state index in [1.54, 1.807) is 12.1 Å². The molecule has 4 aromatic carbocycles. The van der Waals surface area contributed by atoms with Crippen LogP contribution in [-0.4, -0.2) is 15.9 Å². The molecular formula is C37H45N5OS. The highest BCUT2D eigenvalue weighted by atomic mass is 32.2. The summed E-state index contributed by atoms with van der Waals surface area (Å²) >= 11 is 1.41. The molecule has 6 nitrogen and oxygen atoms in total. The molecule has 0 unspecified atom stereocenters. The normalized spacial score (nSPS) is 10.1. The van der Waals surface area contributed by atoms with Crippen LogP contribution in [0.3, 0.4) is 0 Å². The number of hydrogen-bond acceptors (Lipinski definition) is 6. The molecule has 1 heterocycles. The average Bonchev–Trinajstić information content (AvgIpc) is 3.05. The summed E-state index contributed by atoms with van der Waals surface area (Å²) in [5.41, 5.74) is 6.43. The first-order valence-corrected chi connectivity index (χ1v) is 16.3. The van der Waals surface area contributed by atoms with E-state index in [1.165, 1.54) is 35.9 Å². The van der Waals surface area contributed by atoms with Gasteiger partial charge in [0.25, 0.3) is 5.91 Å². The molecule has 5 rings (SSSR count). The maximum atomic E-state index is 12.6. The zero-order valence-electron chi connectivity index (χ0n) is 26.8. The topological polar surface area (TPSA) is 78.9 Å². The van der Waals surface area contributed by atoms with Crippen molar-refractivity contribution >= 4 is 51.9 Å². The van der Waals surface area contributed by atoms with Crippen LogP contribution in [0.25, 0.3) is 11.0 Å². The van der Waals surface area contributed by atoms with Gasteiger partial charge in [-0.1, -0.05) is 96.3 Å². The minimum Gasteiger partial charge on any atom is -0.337 e. The maximum absolute atomic E-state index is 12.6. The van der Waals surface area contributed by atoms with Crippen LogP contribution in [0.15, 0.2) is 102 Å². The molecule has 0 radical (unpaired) electrons. The number of aryl methyl sites for hydroxylation is 2. The summed E-state index contributed by atoms with van der Waals surface area (Å²) in [5, 5.41) is 6.46. The number of amides is 1. The number of carbonyl (C=O) groups is 1. The van der Waals surface area contributed by atoms with Crippen molar-refractivity contribution in [1.29, 1.82) is 0 Å². The van der Waals surface area contributed by atoms with Gasteiger partial charge in [0, 0.05) is 21.8 Å². The van der Waals surface area contributed by atoms with Crippen LogP contribution in [0.5, 0.6) is 0 Å². The van der Waals surface area contributed by atoms with Gasteiger partial charge in [0.2, 0.25) is 0 Å². The summed E-state index contributed by atoms with van der Waals surface area (Å²) in [6.45, 7) is 12.7. The lowest BCUT2D eigenvalue weighted by Crippen LogP contribution is -2.11. The van der Waals surface area contributed by atoms with E-state index in [4.69, 9.17) is 9.97 Å². The van der Waals surface area contributed by atoms with Crippen molar-refractivity contribution in [2.75, 3.05) is 15.4 Å². The van der Waals surface area contributed by atoms with Crippen LogP contribution >= 0.6 is 11.9 Å². The van der Waals surface area contributed by atoms with Crippen molar-refractivity contribution < 1.29 is 4.79 Å². The maximum Gasteiger partial charge on any atom is 0.255 e. The molecule has 5 aromatic rings. The monoisotopic (exact) mass is 607 g/mol. The van der Waals surface area contributed by atoms with Crippen molar-refractivity contribution in [2.24, 2.45) is 0 Å². The lowest BCUT2D eigenvalue weighted by molar-refractivity contribution is 0.102. The van der Waals surface area contributed by atoms with Gasteiger partial charge >= 0.3 is 0 Å². The Morgan fingerprint density at radius 1 is 0.705 bits per heavy atom. The molecule has 7 heteroatoms. The van der Waals surface area contributed by atoms with Crippen LogP contribution in [0.2, 0.25) is 0 Å². The summed E-state index contributed by atoms with van der Waals surface area (Å²) in [5.74, 6) is 1.14. The molecule has 0 atom stereocenters. The molecule has 44 heavy (non-hydrogen) atoms. The number of unbranched alkanes of at least 4 members (excludes halogenated alkanes) is 1. The van der Waals surface area contributed by atoms with E-state index in [9.17, 15) is 4.79 Å². The van der Waals surface area contributed by atoms with E-state index in [0.717, 1.165) is 40.1 Å². The highest BCUT2D eigenvalue weighted by Gasteiger charge is 2.12. The molecule has 0 aliphatic heterocycles. The molecule has 0 fully saturated rings. The van der Waals surface area contributed by atoms with Crippen LogP contribution < -0.4 is 15.4 Å². The Bertz CT molecular complexity index is 1600. The summed E-state index contributed by atoms with van der Waals surface area (Å²) in [6, 6.07) is 31.2. The lowest BCUT2D eigenvalue weighted by Gasteiger charge is -2.14. The molecule has 0 aliphatic rings. The van der Waals surface area contributed by atoms with Crippen LogP contribution in [0, 0.1) is 6.92 Å². The Morgan fingerprint density at radius 2 is 1.36 bits per heavy atom. The van der Waals surface area contributed by atoms with Gasteiger partial charge < -0.3 is 15.4 Å². The first kappa shape index (κ1) is 34.1. The van der Waals surface area contributed by atoms with Gasteiger partial charge in [-0.15, -0.1) is 0 Å². The van der Waals surface area contributed by atoms with Gasteiger partial charge in [0.1, 0.15) is 0 Å². The number of fused-ring (bicyclic) bond motifs is 1. The van der Waals surface area contributed by atoms with E-state index >= 15 is 0 Å². The Labute approximate surface area is 267 Å². The summed E-state index contributed by atoms with van der Waals surface area (Å²) < 4.78 is 3.38. The third-order valence-electron chi connectivity index (χ3n) is 6.40. The predicted molar refractivity (Wildman–Crippen MR) is 190 cm³/mol. The van der Waals surface area contributed by atoms with E-state index in [-0.39, 0.29) is 5.91 Å². The molecule has 1 aromatic heterocycles. The third kappa shape index (κ3) is 10.4. The fourth-order valence-corrected chi connectivity index (χ4v) is 4.89. The second-order valence-corrected chi connectivity index (χ2v) is 10.9. The van der Waals surface area contributed by atoms with Crippen molar-refractivity contribution in [1.82, 2.24) is 9.97 Å². The molecule has 1 amide bonds. The van der Waals surface area contributed by atoms with Gasteiger partial charge in [-0.3, -0.25) is 4.79 Å². The van der Waals surface area contributed by atoms with Gasteiger partial charge in [-0.25, -0.2) is 9.97 Å². The summed E-state index contributed by atoms with van der Waals surface area (Å²) in [4.78, 5) is 23.2. The van der Waals surface area contributed by atoms with Crippen molar-refractivity contribution in [2.45, 2.75) is 72.1 Å². The largest absolute Gasteiger partial charge is 0.337 e. The zero-order valence-corrected chi connectivity index (χ0v) is 27.6.